The normalized spacial score (nSPS) is 13.7. The molecule has 3 aromatic rings. The van der Waals surface area contributed by atoms with Crippen LogP contribution in [0.5, 0.6) is 0 Å². The fourth-order valence-corrected chi connectivity index (χ4v) is 3.34. The first-order valence-corrected chi connectivity index (χ1v) is 9.37. The van der Waals surface area contributed by atoms with Gasteiger partial charge in [0.15, 0.2) is 11.0 Å². The number of nitrogens with one attached hydrogen (secondary N) is 1. The van der Waals surface area contributed by atoms with E-state index >= 15 is 0 Å². The number of benzene rings is 1. The average molecular weight is 370 g/mol. The lowest BCUT2D eigenvalue weighted by molar-refractivity contribution is -0.114. The number of aryl methyl sites for hydroxylation is 1. The highest BCUT2D eigenvalue weighted by Gasteiger charge is 2.30. The number of anilines is 1. The van der Waals surface area contributed by atoms with Gasteiger partial charge in [0.1, 0.15) is 5.82 Å². The van der Waals surface area contributed by atoms with Crippen molar-refractivity contribution >= 4 is 23.7 Å². The number of nitrogens with zero attached hydrogens (tertiary/aromatic N) is 5. The van der Waals surface area contributed by atoms with E-state index in [0.717, 1.165) is 23.8 Å². The largest absolute Gasteiger partial charge is 0.328 e. The van der Waals surface area contributed by atoms with Crippen LogP contribution in [0.3, 0.4) is 0 Å². The predicted octanol–water partition coefficient (Wildman–Crippen LogP) is 2.63. The van der Waals surface area contributed by atoms with Crippen molar-refractivity contribution in [1.82, 2.24) is 24.9 Å². The van der Waals surface area contributed by atoms with Gasteiger partial charge in [0.25, 0.3) is 0 Å². The maximum absolute atomic E-state index is 12.1. The Morgan fingerprint density at radius 1 is 1.31 bits per heavy atom. The summed E-state index contributed by atoms with van der Waals surface area (Å²) in [7, 11) is 0. The van der Waals surface area contributed by atoms with Crippen molar-refractivity contribution < 1.29 is 9.32 Å². The Labute approximate surface area is 154 Å². The topological polar surface area (TPSA) is 98.7 Å². The monoisotopic (exact) mass is 370 g/mol. The van der Waals surface area contributed by atoms with E-state index in [1.807, 2.05) is 18.2 Å². The van der Waals surface area contributed by atoms with E-state index in [1.54, 1.807) is 6.92 Å². The van der Waals surface area contributed by atoms with E-state index < -0.39 is 0 Å². The van der Waals surface area contributed by atoms with Crippen molar-refractivity contribution in [2.24, 2.45) is 0 Å². The highest BCUT2D eigenvalue weighted by atomic mass is 32.2. The molecule has 2 aromatic heterocycles. The summed E-state index contributed by atoms with van der Waals surface area (Å²) < 4.78 is 7.01. The molecule has 26 heavy (non-hydrogen) atoms. The van der Waals surface area contributed by atoms with Gasteiger partial charge in [-0.25, -0.2) is 0 Å². The van der Waals surface area contributed by atoms with E-state index in [9.17, 15) is 4.79 Å². The molecule has 0 saturated heterocycles. The third kappa shape index (κ3) is 3.93. The Balaban J connectivity index is 1.45. The summed E-state index contributed by atoms with van der Waals surface area (Å²) >= 11 is 1.35. The molecule has 0 bridgehead atoms. The minimum Gasteiger partial charge on any atom is -0.315 e. The number of thioether (sulfide) groups is 1. The third-order valence-electron chi connectivity index (χ3n) is 3.98. The van der Waals surface area contributed by atoms with Crippen molar-refractivity contribution in [3.8, 4) is 0 Å². The molecule has 0 radical (unpaired) electrons. The van der Waals surface area contributed by atoms with Crippen LogP contribution < -0.4 is 5.32 Å². The Morgan fingerprint density at radius 3 is 2.81 bits per heavy atom. The zero-order chi connectivity index (χ0) is 17.9. The van der Waals surface area contributed by atoms with Gasteiger partial charge >= 0.3 is 6.01 Å². The first-order chi connectivity index (χ1) is 12.7. The number of hydrogen-bond donors (Lipinski definition) is 1. The number of amides is 1. The molecule has 0 atom stereocenters. The van der Waals surface area contributed by atoms with Crippen LogP contribution in [0, 0.1) is 6.92 Å². The summed E-state index contributed by atoms with van der Waals surface area (Å²) in [6.45, 7) is 2.39. The van der Waals surface area contributed by atoms with Gasteiger partial charge in [-0.05, 0) is 25.3 Å². The maximum atomic E-state index is 12.1. The van der Waals surface area contributed by atoms with Crippen LogP contribution in [0.4, 0.5) is 6.01 Å². The van der Waals surface area contributed by atoms with Crippen molar-refractivity contribution in [2.45, 2.75) is 37.4 Å². The summed E-state index contributed by atoms with van der Waals surface area (Å²) in [5, 5.41) is 15.6. The van der Waals surface area contributed by atoms with E-state index in [2.05, 4.69) is 42.4 Å². The highest BCUT2D eigenvalue weighted by molar-refractivity contribution is 7.99. The molecule has 1 amide bonds. The smallest absolute Gasteiger partial charge is 0.315 e. The lowest BCUT2D eigenvalue weighted by atomic mass is 10.2. The van der Waals surface area contributed by atoms with Crippen LogP contribution in [0.25, 0.3) is 0 Å². The Hall–Kier alpha value is -2.68. The number of hydrogen-bond acceptors (Lipinski definition) is 7. The molecule has 2 heterocycles. The van der Waals surface area contributed by atoms with Crippen molar-refractivity contribution in [3.63, 3.8) is 0 Å². The van der Waals surface area contributed by atoms with Gasteiger partial charge in [-0.15, -0.1) is 10.2 Å². The minimum atomic E-state index is -0.221. The molecule has 0 aliphatic heterocycles. The molecular formula is C17H18N6O2S. The van der Waals surface area contributed by atoms with Crippen LogP contribution in [-0.2, 0) is 11.3 Å². The predicted molar refractivity (Wildman–Crippen MR) is 95.9 cm³/mol. The molecule has 0 unspecified atom stereocenters. The van der Waals surface area contributed by atoms with Gasteiger partial charge in [0.05, 0.1) is 12.3 Å². The van der Waals surface area contributed by atoms with Gasteiger partial charge in [-0.1, -0.05) is 47.3 Å². The fourth-order valence-electron chi connectivity index (χ4n) is 2.60. The summed E-state index contributed by atoms with van der Waals surface area (Å²) in [6, 6.07) is 10.3. The fraction of sp³-hybridized carbons (Fsp3) is 0.353. The first kappa shape index (κ1) is 16.8. The second-order valence-electron chi connectivity index (χ2n) is 6.17. The Bertz CT molecular complexity index is 903. The molecule has 1 aliphatic carbocycles. The van der Waals surface area contributed by atoms with Gasteiger partial charge in [0, 0.05) is 5.92 Å². The van der Waals surface area contributed by atoms with Crippen molar-refractivity contribution in [3.05, 3.63) is 47.5 Å². The minimum absolute atomic E-state index is 0.109. The van der Waals surface area contributed by atoms with E-state index in [0.29, 0.717) is 18.3 Å². The first-order valence-electron chi connectivity index (χ1n) is 8.39. The van der Waals surface area contributed by atoms with Crippen molar-refractivity contribution in [1.29, 1.82) is 0 Å². The van der Waals surface area contributed by atoms with Crippen LogP contribution in [-0.4, -0.2) is 36.6 Å². The number of carbonyl (C=O) groups excluding carboxylic acids is 1. The lowest BCUT2D eigenvalue weighted by Gasteiger charge is -2.09. The van der Waals surface area contributed by atoms with Gasteiger partial charge in [-0.3, -0.25) is 10.1 Å². The van der Waals surface area contributed by atoms with E-state index in [4.69, 9.17) is 4.52 Å². The van der Waals surface area contributed by atoms with Gasteiger partial charge in [0.2, 0.25) is 5.91 Å². The molecule has 8 nitrogen and oxygen atoms in total. The van der Waals surface area contributed by atoms with Crippen molar-refractivity contribution in [2.75, 3.05) is 11.1 Å². The maximum Gasteiger partial charge on any atom is 0.328 e. The zero-order valence-electron chi connectivity index (χ0n) is 14.3. The molecule has 0 spiro atoms. The van der Waals surface area contributed by atoms with Gasteiger partial charge < -0.3 is 9.09 Å². The number of aromatic nitrogens is 5. The second kappa shape index (κ2) is 7.28. The molecule has 4 rings (SSSR count). The van der Waals surface area contributed by atoms with Crippen LogP contribution >= 0.6 is 11.8 Å². The SMILES string of the molecule is Cc1noc(NC(=O)CSc2nnc(C3CC3)n2Cc2ccccc2)n1. The third-order valence-corrected chi connectivity index (χ3v) is 4.94. The van der Waals surface area contributed by atoms with E-state index in [1.165, 1.54) is 17.3 Å². The van der Waals surface area contributed by atoms with Crippen LogP contribution in [0.2, 0.25) is 0 Å². The lowest BCUT2D eigenvalue weighted by Crippen LogP contribution is -2.15. The number of rotatable bonds is 7. The summed E-state index contributed by atoms with van der Waals surface area (Å²) in [6.07, 6.45) is 2.29. The number of carbonyl (C=O) groups is 1. The molecule has 134 valence electrons. The quantitative estimate of drug-likeness (QED) is 0.638. The van der Waals surface area contributed by atoms with E-state index in [-0.39, 0.29) is 17.7 Å². The second-order valence-corrected chi connectivity index (χ2v) is 7.11. The molecule has 1 saturated carbocycles. The molecular weight excluding hydrogens is 352 g/mol. The molecule has 1 aliphatic rings. The summed E-state index contributed by atoms with van der Waals surface area (Å²) in [5.74, 6) is 1.93. The summed E-state index contributed by atoms with van der Waals surface area (Å²) in [4.78, 5) is 16.1. The average Bonchev–Trinajstić information content (AvgIpc) is 3.29. The molecule has 1 N–H and O–H groups in total. The molecule has 9 heteroatoms. The van der Waals surface area contributed by atoms with Crippen LogP contribution in [0.15, 0.2) is 40.0 Å². The zero-order valence-corrected chi connectivity index (χ0v) is 15.1. The molecule has 1 aromatic carbocycles. The Kier molecular flexibility index (Phi) is 4.70. The van der Waals surface area contributed by atoms with Crippen LogP contribution in [0.1, 0.15) is 36.0 Å². The standard InChI is InChI=1S/C17H18N6O2S/c1-11-18-16(25-22-11)19-14(24)10-26-17-21-20-15(13-7-8-13)23(17)9-12-5-3-2-4-6-12/h2-6,13H,7-10H2,1H3,(H,18,19,22,24). The summed E-state index contributed by atoms with van der Waals surface area (Å²) in [5.41, 5.74) is 1.18. The van der Waals surface area contributed by atoms with Gasteiger partial charge in [-0.2, -0.15) is 4.98 Å². The molecule has 1 fully saturated rings. The highest BCUT2D eigenvalue weighted by Crippen LogP contribution is 2.40. The Morgan fingerprint density at radius 2 is 2.12 bits per heavy atom.